The van der Waals surface area contributed by atoms with Crippen molar-refractivity contribution in [3.05, 3.63) is 47.0 Å². The van der Waals surface area contributed by atoms with Crippen LogP contribution in [0, 0.1) is 5.82 Å². The molecule has 23 heavy (non-hydrogen) atoms. The number of likely N-dealkylation sites (tertiary alicyclic amines) is 1. The fraction of sp³-hybridized carbons (Fsp3) is 0.471. The number of fused-ring (bicyclic) bond motifs is 1. The third-order valence-corrected chi connectivity index (χ3v) is 4.48. The molecule has 0 aliphatic carbocycles. The quantitative estimate of drug-likeness (QED) is 0.940. The SMILES string of the molecule is Fc1cccc(OC2CCN(Cc3n[nH]c4c3COCC4)C2)c1. The topological polar surface area (TPSA) is 50.4 Å². The summed E-state index contributed by atoms with van der Waals surface area (Å²) in [5.41, 5.74) is 3.50. The minimum atomic E-state index is -0.263. The molecule has 2 aromatic rings. The Morgan fingerprint density at radius 2 is 2.39 bits per heavy atom. The van der Waals surface area contributed by atoms with Gasteiger partial charge >= 0.3 is 0 Å². The number of aromatic nitrogens is 2. The van der Waals surface area contributed by atoms with Gasteiger partial charge in [-0.15, -0.1) is 0 Å². The number of benzene rings is 1. The second-order valence-electron chi connectivity index (χ2n) is 6.15. The van der Waals surface area contributed by atoms with Gasteiger partial charge in [0.1, 0.15) is 17.7 Å². The summed E-state index contributed by atoms with van der Waals surface area (Å²) in [6.07, 6.45) is 1.95. The number of aromatic amines is 1. The molecule has 4 rings (SSSR count). The standard InChI is InChI=1S/C17H20FN3O2/c18-12-2-1-3-13(8-12)23-14-4-6-21(9-14)10-17-15-11-22-7-5-16(15)19-20-17/h1-3,8,14H,4-7,9-11H2,(H,19,20). The van der Waals surface area contributed by atoms with Crippen LogP contribution in [-0.2, 0) is 24.3 Å². The van der Waals surface area contributed by atoms with Crippen LogP contribution in [-0.4, -0.2) is 40.9 Å². The maximum atomic E-state index is 13.2. The second kappa shape index (κ2) is 6.29. The lowest BCUT2D eigenvalue weighted by molar-refractivity contribution is 0.109. The molecular weight excluding hydrogens is 297 g/mol. The molecular formula is C17H20FN3O2. The van der Waals surface area contributed by atoms with Crippen LogP contribution in [0.15, 0.2) is 24.3 Å². The molecule has 1 N–H and O–H groups in total. The molecule has 2 aliphatic rings. The van der Waals surface area contributed by atoms with E-state index in [9.17, 15) is 4.39 Å². The molecule has 0 radical (unpaired) electrons. The number of halogens is 1. The van der Waals surface area contributed by atoms with E-state index in [1.54, 1.807) is 12.1 Å². The first-order valence-corrected chi connectivity index (χ1v) is 8.05. The lowest BCUT2D eigenvalue weighted by Gasteiger charge is -2.18. The lowest BCUT2D eigenvalue weighted by Crippen LogP contribution is -2.25. The van der Waals surface area contributed by atoms with Gasteiger partial charge in [-0.05, 0) is 18.6 Å². The Morgan fingerprint density at radius 3 is 3.30 bits per heavy atom. The van der Waals surface area contributed by atoms with Gasteiger partial charge in [-0.25, -0.2) is 4.39 Å². The first-order valence-electron chi connectivity index (χ1n) is 8.05. The molecule has 2 aliphatic heterocycles. The van der Waals surface area contributed by atoms with E-state index in [4.69, 9.17) is 9.47 Å². The highest BCUT2D eigenvalue weighted by molar-refractivity contribution is 5.26. The van der Waals surface area contributed by atoms with Crippen molar-refractivity contribution in [1.82, 2.24) is 15.1 Å². The highest BCUT2D eigenvalue weighted by atomic mass is 19.1. The zero-order chi connectivity index (χ0) is 15.6. The Balaban J connectivity index is 1.36. The minimum absolute atomic E-state index is 0.0998. The molecule has 1 aromatic heterocycles. The molecule has 1 aromatic carbocycles. The van der Waals surface area contributed by atoms with Crippen molar-refractivity contribution in [1.29, 1.82) is 0 Å². The monoisotopic (exact) mass is 317 g/mol. The predicted octanol–water partition coefficient (Wildman–Crippen LogP) is 2.27. The Hall–Kier alpha value is -1.92. The maximum Gasteiger partial charge on any atom is 0.126 e. The first-order chi connectivity index (χ1) is 11.3. The zero-order valence-electron chi connectivity index (χ0n) is 12.9. The maximum absolute atomic E-state index is 13.2. The van der Waals surface area contributed by atoms with Crippen LogP contribution < -0.4 is 4.74 Å². The Labute approximate surface area is 134 Å². The van der Waals surface area contributed by atoms with Crippen molar-refractivity contribution in [3.63, 3.8) is 0 Å². The number of nitrogens with zero attached hydrogens (tertiary/aromatic N) is 2. The summed E-state index contributed by atoms with van der Waals surface area (Å²) in [6.45, 7) is 4.01. The highest BCUT2D eigenvalue weighted by Gasteiger charge is 2.26. The van der Waals surface area contributed by atoms with Gasteiger partial charge < -0.3 is 9.47 Å². The number of ether oxygens (including phenoxy) is 2. The molecule has 1 fully saturated rings. The smallest absolute Gasteiger partial charge is 0.126 e. The van der Waals surface area contributed by atoms with Crippen molar-refractivity contribution in [2.24, 2.45) is 0 Å². The van der Waals surface area contributed by atoms with Gasteiger partial charge in [-0.3, -0.25) is 10.00 Å². The molecule has 6 heteroatoms. The van der Waals surface area contributed by atoms with Gasteiger partial charge in [0.25, 0.3) is 0 Å². The molecule has 122 valence electrons. The van der Waals surface area contributed by atoms with E-state index >= 15 is 0 Å². The van der Waals surface area contributed by atoms with Crippen molar-refractivity contribution in [2.75, 3.05) is 19.7 Å². The zero-order valence-corrected chi connectivity index (χ0v) is 12.9. The number of rotatable bonds is 4. The van der Waals surface area contributed by atoms with Crippen molar-refractivity contribution >= 4 is 0 Å². The molecule has 5 nitrogen and oxygen atoms in total. The Morgan fingerprint density at radius 1 is 1.43 bits per heavy atom. The van der Waals surface area contributed by atoms with Gasteiger partial charge in [-0.1, -0.05) is 6.07 Å². The summed E-state index contributed by atoms with van der Waals surface area (Å²) in [4.78, 5) is 2.33. The van der Waals surface area contributed by atoms with Crippen LogP contribution in [0.4, 0.5) is 4.39 Å². The molecule has 0 saturated carbocycles. The van der Waals surface area contributed by atoms with Crippen LogP contribution >= 0.6 is 0 Å². The van der Waals surface area contributed by atoms with Crippen molar-refractivity contribution < 1.29 is 13.9 Å². The van der Waals surface area contributed by atoms with E-state index in [2.05, 4.69) is 15.1 Å². The van der Waals surface area contributed by atoms with E-state index in [1.165, 1.54) is 23.4 Å². The van der Waals surface area contributed by atoms with Gasteiger partial charge in [0.15, 0.2) is 0 Å². The first kappa shape index (κ1) is 14.7. The number of hydrogen-bond donors (Lipinski definition) is 1. The summed E-state index contributed by atoms with van der Waals surface area (Å²) in [6, 6.07) is 6.33. The number of hydrogen-bond acceptors (Lipinski definition) is 4. The molecule has 0 bridgehead atoms. The van der Waals surface area contributed by atoms with Crippen molar-refractivity contribution in [2.45, 2.75) is 32.1 Å². The van der Waals surface area contributed by atoms with E-state index in [0.717, 1.165) is 44.8 Å². The van der Waals surface area contributed by atoms with Crippen molar-refractivity contribution in [3.8, 4) is 5.75 Å². The minimum Gasteiger partial charge on any atom is -0.489 e. The molecule has 0 spiro atoms. The summed E-state index contributed by atoms with van der Waals surface area (Å²) >= 11 is 0. The third-order valence-electron chi connectivity index (χ3n) is 4.48. The Bertz CT molecular complexity index is 688. The summed E-state index contributed by atoms with van der Waals surface area (Å²) in [7, 11) is 0. The molecule has 0 amide bonds. The molecule has 3 heterocycles. The predicted molar refractivity (Wildman–Crippen MR) is 82.7 cm³/mol. The highest BCUT2D eigenvalue weighted by Crippen LogP contribution is 2.23. The van der Waals surface area contributed by atoms with E-state index in [0.29, 0.717) is 12.4 Å². The van der Waals surface area contributed by atoms with E-state index in [-0.39, 0.29) is 11.9 Å². The molecule has 1 saturated heterocycles. The molecule has 1 atom stereocenters. The van der Waals surface area contributed by atoms with E-state index < -0.39 is 0 Å². The molecule has 1 unspecified atom stereocenters. The fourth-order valence-electron chi connectivity index (χ4n) is 3.28. The number of nitrogens with one attached hydrogen (secondary N) is 1. The normalized spacial score (nSPS) is 21.3. The van der Waals surface area contributed by atoms with Crippen LogP contribution in [0.5, 0.6) is 5.75 Å². The van der Waals surface area contributed by atoms with E-state index in [1.807, 2.05) is 0 Å². The summed E-state index contributed by atoms with van der Waals surface area (Å²) in [5.74, 6) is 0.336. The largest absolute Gasteiger partial charge is 0.489 e. The summed E-state index contributed by atoms with van der Waals surface area (Å²) < 4.78 is 24.6. The average molecular weight is 317 g/mol. The average Bonchev–Trinajstić information content (AvgIpc) is 3.16. The van der Waals surface area contributed by atoms with Crippen LogP contribution in [0.25, 0.3) is 0 Å². The fourth-order valence-corrected chi connectivity index (χ4v) is 3.28. The van der Waals surface area contributed by atoms with Gasteiger partial charge in [0.05, 0.1) is 18.9 Å². The number of H-pyrrole nitrogens is 1. The third kappa shape index (κ3) is 3.23. The second-order valence-corrected chi connectivity index (χ2v) is 6.15. The van der Waals surface area contributed by atoms with Crippen LogP contribution in [0.3, 0.4) is 0 Å². The van der Waals surface area contributed by atoms with Crippen LogP contribution in [0.1, 0.15) is 23.4 Å². The van der Waals surface area contributed by atoms with Crippen LogP contribution in [0.2, 0.25) is 0 Å². The summed E-state index contributed by atoms with van der Waals surface area (Å²) in [5, 5.41) is 7.57. The Kier molecular flexibility index (Phi) is 4.01. The van der Waals surface area contributed by atoms with Gasteiger partial charge in [-0.2, -0.15) is 5.10 Å². The lowest BCUT2D eigenvalue weighted by atomic mass is 10.1. The van der Waals surface area contributed by atoms with Gasteiger partial charge in [0, 0.05) is 43.4 Å². The van der Waals surface area contributed by atoms with Gasteiger partial charge in [0.2, 0.25) is 0 Å².